The lowest BCUT2D eigenvalue weighted by molar-refractivity contribution is -0.109. The molecule has 3 heteroatoms. The number of rotatable bonds is 5. The minimum absolute atomic E-state index is 0.258. The first kappa shape index (κ1) is 11.7. The van der Waals surface area contributed by atoms with Gasteiger partial charge >= 0.3 is 0 Å². The van der Waals surface area contributed by atoms with Crippen molar-refractivity contribution < 1.29 is 9.53 Å². The summed E-state index contributed by atoms with van der Waals surface area (Å²) < 4.78 is 5.58. The molecule has 1 radical (unpaired) electrons. The minimum atomic E-state index is 0.258. The molecule has 1 aliphatic heterocycles. The fraction of sp³-hybridized carbons (Fsp3) is 0.818. The molecule has 1 saturated heterocycles. The number of aldehydes is 1. The highest BCUT2D eigenvalue weighted by molar-refractivity contribution is 5.49. The third-order valence-corrected chi connectivity index (χ3v) is 2.37. The molecule has 0 aromatic carbocycles. The van der Waals surface area contributed by atoms with Gasteiger partial charge in [-0.15, -0.1) is 0 Å². The quantitative estimate of drug-likeness (QED) is 0.623. The number of carbonyl (C=O) groups is 1. The highest BCUT2D eigenvalue weighted by Crippen LogP contribution is 2.11. The van der Waals surface area contributed by atoms with Crippen molar-refractivity contribution in [3.05, 3.63) is 5.92 Å². The van der Waals surface area contributed by atoms with E-state index >= 15 is 0 Å². The second-order valence-electron chi connectivity index (χ2n) is 4.18. The number of hydrogen-bond donors (Lipinski definition) is 0. The smallest absolute Gasteiger partial charge is 0.120 e. The zero-order chi connectivity index (χ0) is 10.4. The third kappa shape index (κ3) is 4.20. The van der Waals surface area contributed by atoms with Gasteiger partial charge in [-0.1, -0.05) is 13.8 Å². The van der Waals surface area contributed by atoms with Crippen LogP contribution in [0.25, 0.3) is 0 Å². The summed E-state index contributed by atoms with van der Waals surface area (Å²) in [7, 11) is 0. The standard InChI is InChI=1S/C11H20NO2/c1-10(2)8-12-5-7-14-11(9-12)4-3-6-13/h6,11H,3-5,7-9H2,1-2H3/t11-/m1/s1. The van der Waals surface area contributed by atoms with Gasteiger partial charge in [0.1, 0.15) is 6.29 Å². The molecule has 0 N–H and O–H groups in total. The van der Waals surface area contributed by atoms with Crippen molar-refractivity contribution in [3.8, 4) is 0 Å². The molecule has 1 heterocycles. The van der Waals surface area contributed by atoms with E-state index in [2.05, 4.69) is 18.7 Å². The molecule has 0 aromatic rings. The molecule has 0 unspecified atom stereocenters. The van der Waals surface area contributed by atoms with Gasteiger partial charge in [-0.25, -0.2) is 0 Å². The Morgan fingerprint density at radius 3 is 3.00 bits per heavy atom. The van der Waals surface area contributed by atoms with Crippen molar-refractivity contribution in [2.24, 2.45) is 0 Å². The van der Waals surface area contributed by atoms with Crippen LogP contribution in [0.5, 0.6) is 0 Å². The number of hydrogen-bond acceptors (Lipinski definition) is 3. The molecular weight excluding hydrogens is 178 g/mol. The monoisotopic (exact) mass is 198 g/mol. The van der Waals surface area contributed by atoms with Crippen molar-refractivity contribution in [2.45, 2.75) is 32.8 Å². The molecule has 81 valence electrons. The second-order valence-corrected chi connectivity index (χ2v) is 4.18. The first-order valence-electron chi connectivity index (χ1n) is 5.29. The highest BCUT2D eigenvalue weighted by Gasteiger charge is 2.20. The van der Waals surface area contributed by atoms with Crippen molar-refractivity contribution >= 4 is 6.29 Å². The van der Waals surface area contributed by atoms with Crippen LogP contribution in [0.15, 0.2) is 0 Å². The van der Waals surface area contributed by atoms with E-state index in [0.717, 1.165) is 38.9 Å². The van der Waals surface area contributed by atoms with Crippen LogP contribution in [-0.2, 0) is 9.53 Å². The van der Waals surface area contributed by atoms with Gasteiger partial charge in [0.05, 0.1) is 12.7 Å². The van der Waals surface area contributed by atoms with Gasteiger partial charge in [0.15, 0.2) is 0 Å². The van der Waals surface area contributed by atoms with Gasteiger partial charge in [0.25, 0.3) is 0 Å². The molecule has 0 aromatic heterocycles. The van der Waals surface area contributed by atoms with Crippen LogP contribution in [0.2, 0.25) is 0 Å². The van der Waals surface area contributed by atoms with Gasteiger partial charge in [-0.05, 0) is 12.3 Å². The molecule has 0 bridgehead atoms. The number of carbonyl (C=O) groups excluding carboxylic acids is 1. The number of nitrogens with zero attached hydrogens (tertiary/aromatic N) is 1. The molecule has 0 spiro atoms. The van der Waals surface area contributed by atoms with Crippen molar-refractivity contribution in [1.29, 1.82) is 0 Å². The average Bonchev–Trinajstić information content (AvgIpc) is 2.14. The van der Waals surface area contributed by atoms with Crippen molar-refractivity contribution in [2.75, 3.05) is 26.2 Å². The van der Waals surface area contributed by atoms with Crippen LogP contribution in [0, 0.1) is 5.92 Å². The number of ether oxygens (including phenoxy) is 1. The lowest BCUT2D eigenvalue weighted by Crippen LogP contribution is -2.43. The van der Waals surface area contributed by atoms with Crippen LogP contribution in [0.1, 0.15) is 26.7 Å². The molecule has 3 nitrogen and oxygen atoms in total. The predicted molar refractivity (Wildman–Crippen MR) is 56.1 cm³/mol. The molecule has 0 saturated carbocycles. The summed E-state index contributed by atoms with van der Waals surface area (Å²) in [4.78, 5) is 12.6. The van der Waals surface area contributed by atoms with E-state index in [-0.39, 0.29) is 6.10 Å². The third-order valence-electron chi connectivity index (χ3n) is 2.37. The van der Waals surface area contributed by atoms with Crippen LogP contribution in [0.3, 0.4) is 0 Å². The maximum Gasteiger partial charge on any atom is 0.120 e. The Kier molecular flexibility index (Phi) is 5.12. The van der Waals surface area contributed by atoms with Gasteiger partial charge in [-0.3, -0.25) is 4.90 Å². The van der Waals surface area contributed by atoms with E-state index in [1.54, 1.807) is 0 Å². The summed E-state index contributed by atoms with van der Waals surface area (Å²) >= 11 is 0. The first-order valence-corrected chi connectivity index (χ1v) is 5.29. The molecule has 14 heavy (non-hydrogen) atoms. The molecular formula is C11H20NO2. The Labute approximate surface area is 86.4 Å². The van der Waals surface area contributed by atoms with E-state index in [0.29, 0.717) is 6.42 Å². The van der Waals surface area contributed by atoms with Crippen LogP contribution < -0.4 is 0 Å². The van der Waals surface area contributed by atoms with Gasteiger partial charge in [-0.2, -0.15) is 0 Å². The van der Waals surface area contributed by atoms with Crippen molar-refractivity contribution in [1.82, 2.24) is 4.90 Å². The van der Waals surface area contributed by atoms with Crippen LogP contribution in [-0.4, -0.2) is 43.5 Å². The summed E-state index contributed by atoms with van der Waals surface area (Å²) in [6.07, 6.45) is 2.71. The molecule has 1 rings (SSSR count). The largest absolute Gasteiger partial charge is 0.376 e. The van der Waals surface area contributed by atoms with E-state index in [9.17, 15) is 4.79 Å². The maximum atomic E-state index is 10.2. The summed E-state index contributed by atoms with van der Waals surface area (Å²) in [5.74, 6) is 1.43. The summed E-state index contributed by atoms with van der Waals surface area (Å²) in [5.41, 5.74) is 0. The molecule has 1 aliphatic rings. The Hall–Kier alpha value is -0.410. The fourth-order valence-corrected chi connectivity index (χ4v) is 1.80. The van der Waals surface area contributed by atoms with Crippen molar-refractivity contribution in [3.63, 3.8) is 0 Å². The topological polar surface area (TPSA) is 29.5 Å². The Morgan fingerprint density at radius 1 is 1.57 bits per heavy atom. The second kappa shape index (κ2) is 6.14. The Morgan fingerprint density at radius 2 is 2.36 bits per heavy atom. The summed E-state index contributed by atoms with van der Waals surface area (Å²) in [6, 6.07) is 0. The molecule has 0 amide bonds. The van der Waals surface area contributed by atoms with Crippen LogP contribution in [0.4, 0.5) is 0 Å². The lowest BCUT2D eigenvalue weighted by atomic mass is 10.1. The van der Waals surface area contributed by atoms with Gasteiger partial charge < -0.3 is 9.53 Å². The normalized spacial score (nSPS) is 24.1. The van der Waals surface area contributed by atoms with E-state index < -0.39 is 0 Å². The maximum absolute atomic E-state index is 10.2. The fourth-order valence-electron chi connectivity index (χ4n) is 1.80. The SMILES string of the molecule is C[C](C)CN1CCO[C@H](CCC=O)C1. The summed E-state index contributed by atoms with van der Waals surface area (Å²) in [5, 5.41) is 0. The van der Waals surface area contributed by atoms with E-state index in [4.69, 9.17) is 4.74 Å². The minimum Gasteiger partial charge on any atom is -0.376 e. The van der Waals surface area contributed by atoms with Gasteiger partial charge in [0.2, 0.25) is 0 Å². The predicted octanol–water partition coefficient (Wildman–Crippen LogP) is 1.28. The highest BCUT2D eigenvalue weighted by atomic mass is 16.5. The Bertz CT molecular complexity index is 171. The number of morpholine rings is 1. The van der Waals surface area contributed by atoms with E-state index in [1.165, 1.54) is 5.92 Å². The van der Waals surface area contributed by atoms with Crippen LogP contribution >= 0.6 is 0 Å². The zero-order valence-corrected chi connectivity index (χ0v) is 9.16. The average molecular weight is 198 g/mol. The van der Waals surface area contributed by atoms with Gasteiger partial charge in [0, 0.05) is 26.1 Å². The van der Waals surface area contributed by atoms with E-state index in [1.807, 2.05) is 0 Å². The first-order chi connectivity index (χ1) is 6.72. The molecule has 0 aliphatic carbocycles. The molecule has 1 atom stereocenters. The summed E-state index contributed by atoms with van der Waals surface area (Å²) in [6.45, 7) is 8.14. The zero-order valence-electron chi connectivity index (χ0n) is 9.16. The molecule has 1 fully saturated rings. The lowest BCUT2D eigenvalue weighted by Gasteiger charge is -2.33. The Balaban J connectivity index is 2.24.